The molecule has 1 aliphatic heterocycles. The fourth-order valence-electron chi connectivity index (χ4n) is 2.29. The van der Waals surface area contributed by atoms with Crippen LogP contribution in [0, 0.1) is 0 Å². The first-order valence-electron chi connectivity index (χ1n) is 7.61. The zero-order chi connectivity index (χ0) is 18.1. The van der Waals surface area contributed by atoms with Gasteiger partial charge in [0.2, 0.25) is 5.91 Å². The lowest BCUT2D eigenvalue weighted by molar-refractivity contribution is -0.114. The zero-order valence-corrected chi connectivity index (χ0v) is 14.1. The first kappa shape index (κ1) is 18.5. The molecule has 2 unspecified atom stereocenters. The second-order valence-electron chi connectivity index (χ2n) is 6.65. The van der Waals surface area contributed by atoms with Crippen molar-refractivity contribution in [3.8, 4) is 0 Å². The number of nitrogens with zero attached hydrogens (tertiary/aromatic N) is 2. The quantitative estimate of drug-likeness (QED) is 0.683. The summed E-state index contributed by atoms with van der Waals surface area (Å²) < 4.78 is 12.2. The lowest BCUT2D eigenvalue weighted by Gasteiger charge is -2.23. The third-order valence-corrected chi connectivity index (χ3v) is 3.43. The molecular weight excluding hydrogens is 318 g/mol. The minimum Gasteiger partial charge on any atom is -0.387 e. The van der Waals surface area contributed by atoms with Crippen LogP contribution in [0.2, 0.25) is 0 Å². The van der Waals surface area contributed by atoms with E-state index in [0.717, 1.165) is 4.57 Å². The van der Waals surface area contributed by atoms with Crippen LogP contribution in [0.15, 0.2) is 17.1 Å². The van der Waals surface area contributed by atoms with Crippen molar-refractivity contribution in [1.29, 1.82) is 0 Å². The summed E-state index contributed by atoms with van der Waals surface area (Å²) in [6.07, 6.45) is -3.01. The number of ether oxygens (including phenoxy) is 2. The number of aliphatic hydroxyl groups is 2. The lowest BCUT2D eigenvalue weighted by atomic mass is 10.1. The number of amides is 1. The number of rotatable bonds is 4. The maximum absolute atomic E-state index is 12.1. The molecule has 1 fully saturated rings. The van der Waals surface area contributed by atoms with E-state index in [0.29, 0.717) is 0 Å². The van der Waals surface area contributed by atoms with Crippen molar-refractivity contribution in [3.05, 3.63) is 22.7 Å². The Bertz CT molecular complexity index is 653. The van der Waals surface area contributed by atoms with Crippen LogP contribution in [0.1, 0.15) is 33.9 Å². The van der Waals surface area contributed by atoms with Crippen LogP contribution in [0.3, 0.4) is 0 Å². The van der Waals surface area contributed by atoms with E-state index in [-0.39, 0.29) is 18.3 Å². The van der Waals surface area contributed by atoms with Gasteiger partial charge in [0.15, 0.2) is 6.23 Å². The molecule has 9 nitrogen and oxygen atoms in total. The Hall–Kier alpha value is -1.81. The molecule has 4 atom stereocenters. The van der Waals surface area contributed by atoms with Gasteiger partial charge in [-0.1, -0.05) is 0 Å². The first-order valence-corrected chi connectivity index (χ1v) is 7.61. The molecule has 0 aliphatic carbocycles. The number of carbonyl (C=O) groups excluding carboxylic acids is 1. The van der Waals surface area contributed by atoms with Crippen LogP contribution in [0.5, 0.6) is 0 Å². The Kier molecular flexibility index (Phi) is 5.38. The number of carbonyl (C=O) groups is 1. The van der Waals surface area contributed by atoms with E-state index < -0.39 is 35.8 Å². The van der Waals surface area contributed by atoms with Crippen LogP contribution in [0.4, 0.5) is 5.82 Å². The van der Waals surface area contributed by atoms with E-state index in [1.165, 1.54) is 19.2 Å². The Labute approximate surface area is 139 Å². The van der Waals surface area contributed by atoms with Crippen LogP contribution in [-0.4, -0.2) is 56.2 Å². The van der Waals surface area contributed by atoms with Gasteiger partial charge < -0.3 is 25.0 Å². The molecule has 24 heavy (non-hydrogen) atoms. The van der Waals surface area contributed by atoms with Crippen LogP contribution in [-0.2, 0) is 14.3 Å². The standard InChI is InChI=1S/C15H23N3O6/c1-8(19)16-10-5-6-18(14(22)17-10)13-12(21)11(20)9(24-13)7-23-15(2,3)4/h5-6,9,11-13,20-21H,7H2,1-4H3,(H,16,17,19,22)/t9-,11?,12?,13-/m1/s1. The predicted octanol–water partition coefficient (Wildman–Crippen LogP) is -0.364. The van der Waals surface area contributed by atoms with Gasteiger partial charge in [0.05, 0.1) is 12.2 Å². The van der Waals surface area contributed by atoms with Gasteiger partial charge >= 0.3 is 5.69 Å². The summed E-state index contributed by atoms with van der Waals surface area (Å²) in [5, 5.41) is 22.7. The van der Waals surface area contributed by atoms with Crippen molar-refractivity contribution in [2.75, 3.05) is 11.9 Å². The van der Waals surface area contributed by atoms with E-state index >= 15 is 0 Å². The molecule has 9 heteroatoms. The number of hydrogen-bond acceptors (Lipinski definition) is 7. The number of anilines is 1. The molecule has 0 bridgehead atoms. The Morgan fingerprint density at radius 2 is 2.08 bits per heavy atom. The summed E-state index contributed by atoms with van der Waals surface area (Å²) >= 11 is 0. The predicted molar refractivity (Wildman–Crippen MR) is 84.4 cm³/mol. The highest BCUT2D eigenvalue weighted by Crippen LogP contribution is 2.29. The molecule has 2 rings (SSSR count). The molecule has 0 spiro atoms. The van der Waals surface area contributed by atoms with E-state index in [1.54, 1.807) is 0 Å². The van der Waals surface area contributed by atoms with Gasteiger partial charge in [0.1, 0.15) is 24.1 Å². The highest BCUT2D eigenvalue weighted by atomic mass is 16.6. The van der Waals surface area contributed by atoms with Gasteiger partial charge in [-0.25, -0.2) is 4.79 Å². The molecule has 1 aromatic heterocycles. The average molecular weight is 341 g/mol. The summed E-state index contributed by atoms with van der Waals surface area (Å²) in [6.45, 7) is 6.95. The van der Waals surface area contributed by atoms with E-state index in [1.807, 2.05) is 20.8 Å². The summed E-state index contributed by atoms with van der Waals surface area (Å²) in [6, 6.07) is 1.41. The molecule has 0 saturated carbocycles. The smallest absolute Gasteiger partial charge is 0.351 e. The minimum absolute atomic E-state index is 0.0738. The number of hydrogen-bond donors (Lipinski definition) is 3. The highest BCUT2D eigenvalue weighted by Gasteiger charge is 2.44. The third-order valence-electron chi connectivity index (χ3n) is 3.43. The summed E-state index contributed by atoms with van der Waals surface area (Å²) in [7, 11) is 0. The zero-order valence-electron chi connectivity index (χ0n) is 14.1. The van der Waals surface area contributed by atoms with Gasteiger partial charge in [0, 0.05) is 13.1 Å². The summed E-state index contributed by atoms with van der Waals surface area (Å²) in [5.74, 6) is -0.254. The van der Waals surface area contributed by atoms with Crippen molar-refractivity contribution in [1.82, 2.24) is 9.55 Å². The Morgan fingerprint density at radius 1 is 1.42 bits per heavy atom. The van der Waals surface area contributed by atoms with E-state index in [4.69, 9.17) is 9.47 Å². The molecular formula is C15H23N3O6. The molecule has 1 saturated heterocycles. The van der Waals surface area contributed by atoms with Crippen molar-refractivity contribution in [2.24, 2.45) is 0 Å². The molecule has 1 amide bonds. The van der Waals surface area contributed by atoms with Crippen molar-refractivity contribution in [2.45, 2.75) is 57.8 Å². The van der Waals surface area contributed by atoms with Crippen molar-refractivity contribution >= 4 is 11.7 Å². The normalized spacial score (nSPS) is 27.2. The molecule has 0 radical (unpaired) electrons. The minimum atomic E-state index is -1.30. The van der Waals surface area contributed by atoms with Crippen molar-refractivity contribution in [3.63, 3.8) is 0 Å². The van der Waals surface area contributed by atoms with Crippen LogP contribution >= 0.6 is 0 Å². The van der Waals surface area contributed by atoms with Crippen LogP contribution in [0.25, 0.3) is 0 Å². The van der Waals surface area contributed by atoms with E-state index in [2.05, 4.69) is 10.3 Å². The van der Waals surface area contributed by atoms with Crippen molar-refractivity contribution < 1.29 is 24.5 Å². The second kappa shape index (κ2) is 6.98. The summed E-state index contributed by atoms with van der Waals surface area (Å²) in [4.78, 5) is 26.8. The van der Waals surface area contributed by atoms with Gasteiger partial charge in [-0.15, -0.1) is 0 Å². The Balaban J connectivity index is 2.14. The first-order chi connectivity index (χ1) is 11.1. The molecule has 0 aromatic carbocycles. The fraction of sp³-hybridized carbons (Fsp3) is 0.667. The lowest BCUT2D eigenvalue weighted by Crippen LogP contribution is -2.37. The fourth-order valence-corrected chi connectivity index (χ4v) is 2.29. The maximum Gasteiger partial charge on any atom is 0.351 e. The molecule has 2 heterocycles. The number of nitrogens with one attached hydrogen (secondary N) is 1. The third kappa shape index (κ3) is 4.38. The molecule has 1 aliphatic rings. The number of aromatic nitrogens is 2. The van der Waals surface area contributed by atoms with E-state index in [9.17, 15) is 19.8 Å². The SMILES string of the molecule is CC(=O)Nc1ccn([C@@H]2O[C@H](COC(C)(C)C)C(O)C2O)c(=O)n1. The molecule has 134 valence electrons. The molecule has 1 aromatic rings. The Morgan fingerprint density at radius 3 is 2.62 bits per heavy atom. The topological polar surface area (TPSA) is 123 Å². The van der Waals surface area contributed by atoms with Gasteiger partial charge in [-0.3, -0.25) is 9.36 Å². The molecule has 3 N–H and O–H groups in total. The highest BCUT2D eigenvalue weighted by molar-refractivity contribution is 5.87. The maximum atomic E-state index is 12.1. The van der Waals surface area contributed by atoms with Gasteiger partial charge in [0.25, 0.3) is 0 Å². The second-order valence-corrected chi connectivity index (χ2v) is 6.65. The van der Waals surface area contributed by atoms with Crippen LogP contribution < -0.4 is 11.0 Å². The van der Waals surface area contributed by atoms with Gasteiger partial charge in [-0.05, 0) is 26.8 Å². The summed E-state index contributed by atoms with van der Waals surface area (Å²) in [5.41, 5.74) is -1.14. The monoisotopic (exact) mass is 341 g/mol. The average Bonchev–Trinajstić information content (AvgIpc) is 2.72. The van der Waals surface area contributed by atoms with Gasteiger partial charge in [-0.2, -0.15) is 4.98 Å². The number of aliphatic hydroxyl groups excluding tert-OH is 2. The largest absolute Gasteiger partial charge is 0.387 e.